The summed E-state index contributed by atoms with van der Waals surface area (Å²) in [5.74, 6) is 1.35. The van der Waals surface area contributed by atoms with Crippen LogP contribution in [0.3, 0.4) is 0 Å². The van der Waals surface area contributed by atoms with Crippen molar-refractivity contribution in [3.05, 3.63) is 36.2 Å². The Balaban J connectivity index is 1.68. The Morgan fingerprint density at radius 1 is 1.27 bits per heavy atom. The van der Waals surface area contributed by atoms with Crippen LogP contribution in [0.2, 0.25) is 0 Å². The standard InChI is InChI=1S/C21H29N7O2/c1-13(2)17(10-29)25-21-26-19(23-9-14-3-5-15(22)6-4-14)18-20(27-21)28(12-24-18)16-7-8-30-11-16/h3-6,12-13,16-17,29H,7-11,22H2,1-2H3,(H2,23,25,26,27)/t16?,17-/m1/s1. The van der Waals surface area contributed by atoms with Gasteiger partial charge in [0, 0.05) is 18.8 Å². The molecule has 1 saturated heterocycles. The lowest BCUT2D eigenvalue weighted by Gasteiger charge is -2.20. The zero-order chi connectivity index (χ0) is 21.1. The number of aliphatic hydroxyl groups excluding tert-OH is 1. The number of nitrogens with one attached hydrogen (secondary N) is 2. The summed E-state index contributed by atoms with van der Waals surface area (Å²) < 4.78 is 7.61. The van der Waals surface area contributed by atoms with Crippen LogP contribution in [-0.4, -0.2) is 50.5 Å². The Kier molecular flexibility index (Phi) is 6.01. The number of aliphatic hydroxyl groups is 1. The molecule has 0 radical (unpaired) electrons. The van der Waals surface area contributed by atoms with Gasteiger partial charge < -0.3 is 30.8 Å². The van der Waals surface area contributed by atoms with E-state index in [4.69, 9.17) is 15.5 Å². The minimum absolute atomic E-state index is 0.00297. The van der Waals surface area contributed by atoms with Crippen molar-refractivity contribution in [3.63, 3.8) is 0 Å². The molecular weight excluding hydrogens is 382 g/mol. The van der Waals surface area contributed by atoms with Crippen LogP contribution in [-0.2, 0) is 11.3 Å². The number of nitrogens with two attached hydrogens (primary N) is 1. The molecule has 2 atom stereocenters. The molecule has 4 rings (SSSR count). The van der Waals surface area contributed by atoms with Crippen LogP contribution in [0, 0.1) is 5.92 Å². The highest BCUT2D eigenvalue weighted by Gasteiger charge is 2.23. The zero-order valence-electron chi connectivity index (χ0n) is 17.4. The van der Waals surface area contributed by atoms with Crippen molar-refractivity contribution in [2.75, 3.05) is 36.2 Å². The lowest BCUT2D eigenvalue weighted by atomic mass is 10.1. The van der Waals surface area contributed by atoms with Crippen molar-refractivity contribution < 1.29 is 9.84 Å². The van der Waals surface area contributed by atoms with Crippen molar-refractivity contribution >= 4 is 28.6 Å². The molecule has 160 valence electrons. The van der Waals surface area contributed by atoms with Gasteiger partial charge in [0.15, 0.2) is 17.0 Å². The summed E-state index contributed by atoms with van der Waals surface area (Å²) in [5, 5.41) is 16.4. The third-order valence-electron chi connectivity index (χ3n) is 5.48. The average molecular weight is 412 g/mol. The van der Waals surface area contributed by atoms with Gasteiger partial charge in [-0.3, -0.25) is 0 Å². The van der Waals surface area contributed by atoms with E-state index < -0.39 is 0 Å². The molecule has 1 aromatic carbocycles. The van der Waals surface area contributed by atoms with Gasteiger partial charge in [-0.05, 0) is 30.0 Å². The van der Waals surface area contributed by atoms with Crippen LogP contribution in [0.4, 0.5) is 17.5 Å². The van der Waals surface area contributed by atoms with Gasteiger partial charge in [0.25, 0.3) is 0 Å². The first-order chi connectivity index (χ1) is 14.5. The quantitative estimate of drug-likeness (QED) is 0.417. The molecule has 0 bridgehead atoms. The second-order valence-corrected chi connectivity index (χ2v) is 8.01. The summed E-state index contributed by atoms with van der Waals surface area (Å²) in [5.41, 5.74) is 9.07. The molecule has 3 heterocycles. The smallest absolute Gasteiger partial charge is 0.227 e. The molecule has 5 N–H and O–H groups in total. The van der Waals surface area contributed by atoms with Gasteiger partial charge in [0.2, 0.25) is 5.95 Å². The maximum absolute atomic E-state index is 9.72. The van der Waals surface area contributed by atoms with Gasteiger partial charge in [-0.15, -0.1) is 0 Å². The maximum atomic E-state index is 9.72. The fourth-order valence-electron chi connectivity index (χ4n) is 3.52. The van der Waals surface area contributed by atoms with Gasteiger partial charge >= 0.3 is 0 Å². The molecule has 2 aromatic heterocycles. The number of anilines is 3. The van der Waals surface area contributed by atoms with Crippen LogP contribution >= 0.6 is 0 Å². The van der Waals surface area contributed by atoms with E-state index in [0.29, 0.717) is 30.4 Å². The second-order valence-electron chi connectivity index (χ2n) is 8.01. The van der Waals surface area contributed by atoms with Gasteiger partial charge in [-0.2, -0.15) is 9.97 Å². The first-order valence-electron chi connectivity index (χ1n) is 10.3. The Hall–Kier alpha value is -2.91. The van der Waals surface area contributed by atoms with Gasteiger partial charge in [0.1, 0.15) is 0 Å². The van der Waals surface area contributed by atoms with Crippen LogP contribution in [0.15, 0.2) is 30.6 Å². The molecule has 1 unspecified atom stereocenters. The minimum Gasteiger partial charge on any atom is -0.399 e. The minimum atomic E-state index is -0.140. The number of hydrogen-bond donors (Lipinski definition) is 4. The summed E-state index contributed by atoms with van der Waals surface area (Å²) in [6.45, 7) is 6.07. The highest BCUT2D eigenvalue weighted by Crippen LogP contribution is 2.28. The van der Waals surface area contributed by atoms with Crippen molar-refractivity contribution in [2.24, 2.45) is 5.92 Å². The van der Waals surface area contributed by atoms with E-state index >= 15 is 0 Å². The van der Waals surface area contributed by atoms with Crippen molar-refractivity contribution in [3.8, 4) is 0 Å². The van der Waals surface area contributed by atoms with E-state index in [0.717, 1.165) is 29.9 Å². The van der Waals surface area contributed by atoms with Crippen LogP contribution in [0.1, 0.15) is 31.9 Å². The van der Waals surface area contributed by atoms with E-state index in [2.05, 4.69) is 25.2 Å². The molecular formula is C21H29N7O2. The van der Waals surface area contributed by atoms with E-state index in [1.54, 1.807) is 0 Å². The van der Waals surface area contributed by atoms with Crippen LogP contribution < -0.4 is 16.4 Å². The largest absolute Gasteiger partial charge is 0.399 e. The molecule has 0 amide bonds. The number of hydrogen-bond acceptors (Lipinski definition) is 8. The molecule has 0 aliphatic carbocycles. The normalized spacial score (nSPS) is 17.5. The third-order valence-corrected chi connectivity index (χ3v) is 5.48. The Morgan fingerprint density at radius 2 is 2.07 bits per heavy atom. The summed E-state index contributed by atoms with van der Waals surface area (Å²) >= 11 is 0. The molecule has 1 fully saturated rings. The molecule has 0 spiro atoms. The Morgan fingerprint density at radius 3 is 2.73 bits per heavy atom. The first-order valence-corrected chi connectivity index (χ1v) is 10.3. The summed E-state index contributed by atoms with van der Waals surface area (Å²) in [4.78, 5) is 14.0. The lowest BCUT2D eigenvalue weighted by molar-refractivity contribution is 0.187. The van der Waals surface area contributed by atoms with E-state index in [1.165, 1.54) is 0 Å². The molecule has 1 aliphatic rings. The number of nitrogens with zero attached hydrogens (tertiary/aromatic N) is 4. The fraction of sp³-hybridized carbons (Fsp3) is 0.476. The topological polar surface area (TPSA) is 123 Å². The summed E-state index contributed by atoms with van der Waals surface area (Å²) in [6.07, 6.45) is 2.74. The third kappa shape index (κ3) is 4.31. The number of nitrogen functional groups attached to an aromatic ring is 1. The maximum Gasteiger partial charge on any atom is 0.227 e. The summed E-state index contributed by atoms with van der Waals surface area (Å²) in [6, 6.07) is 7.79. The predicted octanol–water partition coefficient (Wildman–Crippen LogP) is 2.41. The van der Waals surface area contributed by atoms with Gasteiger partial charge in [0.05, 0.1) is 31.6 Å². The number of fused-ring (bicyclic) bond motifs is 1. The number of benzene rings is 1. The lowest BCUT2D eigenvalue weighted by Crippen LogP contribution is -2.30. The fourth-order valence-corrected chi connectivity index (χ4v) is 3.52. The Bertz CT molecular complexity index is 981. The zero-order valence-corrected chi connectivity index (χ0v) is 17.4. The SMILES string of the molecule is CC(C)[C@@H](CO)Nc1nc(NCc2ccc(N)cc2)c2ncn(C3CCOC3)c2n1. The number of ether oxygens (including phenoxy) is 1. The highest BCUT2D eigenvalue weighted by molar-refractivity contribution is 5.84. The number of rotatable bonds is 8. The van der Waals surface area contributed by atoms with Gasteiger partial charge in [-0.1, -0.05) is 26.0 Å². The van der Waals surface area contributed by atoms with E-state index in [9.17, 15) is 5.11 Å². The highest BCUT2D eigenvalue weighted by atomic mass is 16.5. The predicted molar refractivity (Wildman–Crippen MR) is 117 cm³/mol. The average Bonchev–Trinajstić information content (AvgIpc) is 3.40. The van der Waals surface area contributed by atoms with Crippen LogP contribution in [0.25, 0.3) is 11.2 Å². The molecule has 3 aromatic rings. The molecule has 9 nitrogen and oxygen atoms in total. The first kappa shape index (κ1) is 20.4. The number of aromatic nitrogens is 4. The monoisotopic (exact) mass is 411 g/mol. The van der Waals surface area contributed by atoms with Gasteiger partial charge in [-0.25, -0.2) is 4.98 Å². The molecule has 1 aliphatic heterocycles. The van der Waals surface area contributed by atoms with Crippen molar-refractivity contribution in [1.82, 2.24) is 19.5 Å². The summed E-state index contributed by atoms with van der Waals surface area (Å²) in [7, 11) is 0. The van der Waals surface area contributed by atoms with E-state index in [-0.39, 0.29) is 24.6 Å². The number of imidazole rings is 1. The van der Waals surface area contributed by atoms with E-state index in [1.807, 2.05) is 44.4 Å². The van der Waals surface area contributed by atoms with Crippen molar-refractivity contribution in [1.29, 1.82) is 0 Å². The molecule has 0 saturated carbocycles. The molecule has 9 heteroatoms. The van der Waals surface area contributed by atoms with Crippen LogP contribution in [0.5, 0.6) is 0 Å². The Labute approximate surface area is 175 Å². The second kappa shape index (κ2) is 8.85. The van der Waals surface area contributed by atoms with Crippen molar-refractivity contribution in [2.45, 2.75) is 38.9 Å². The molecule has 30 heavy (non-hydrogen) atoms.